The van der Waals surface area contributed by atoms with Crippen LogP contribution in [0.3, 0.4) is 0 Å². The minimum atomic E-state index is -0.972. The third-order valence-corrected chi connectivity index (χ3v) is 3.93. The number of benzene rings is 1. The maximum Gasteiger partial charge on any atom is 0.335 e. The van der Waals surface area contributed by atoms with Crippen LogP contribution in [0.5, 0.6) is 0 Å². The number of piperazine rings is 1. The minimum Gasteiger partial charge on any atom is -0.478 e. The molecule has 2 heterocycles. The van der Waals surface area contributed by atoms with Crippen molar-refractivity contribution in [2.75, 3.05) is 36.0 Å². The number of rotatable bonds is 2. The van der Waals surface area contributed by atoms with Gasteiger partial charge in [0.25, 0.3) is 0 Å². The number of carboxylic acids is 1. The average Bonchev–Trinajstić information content (AvgIpc) is 2.45. The molecule has 2 N–H and O–H groups in total. The Labute approximate surface area is 117 Å². The van der Waals surface area contributed by atoms with Crippen molar-refractivity contribution in [1.29, 1.82) is 0 Å². The monoisotopic (exact) mass is 275 g/mol. The molecule has 1 unspecified atom stereocenters. The van der Waals surface area contributed by atoms with Gasteiger partial charge in [-0.2, -0.15) is 0 Å². The van der Waals surface area contributed by atoms with Gasteiger partial charge in [0.2, 0.25) is 5.91 Å². The summed E-state index contributed by atoms with van der Waals surface area (Å²) in [6.07, 6.45) is 0. The van der Waals surface area contributed by atoms with Crippen LogP contribution < -0.4 is 15.1 Å². The van der Waals surface area contributed by atoms with Crippen LogP contribution in [0.1, 0.15) is 17.3 Å². The Bertz CT molecular complexity index is 573. The topological polar surface area (TPSA) is 72.9 Å². The highest BCUT2D eigenvalue weighted by Gasteiger charge is 2.36. The van der Waals surface area contributed by atoms with Crippen LogP contribution in [0.4, 0.5) is 11.4 Å². The molecule has 20 heavy (non-hydrogen) atoms. The van der Waals surface area contributed by atoms with Crippen LogP contribution in [0.25, 0.3) is 0 Å². The number of carbonyl (C=O) groups is 2. The smallest absolute Gasteiger partial charge is 0.335 e. The molecule has 0 bridgehead atoms. The largest absolute Gasteiger partial charge is 0.478 e. The molecule has 6 nitrogen and oxygen atoms in total. The third kappa shape index (κ3) is 1.92. The molecule has 1 saturated heterocycles. The summed E-state index contributed by atoms with van der Waals surface area (Å²) in [6.45, 7) is 4.70. The van der Waals surface area contributed by atoms with Crippen molar-refractivity contribution in [1.82, 2.24) is 5.32 Å². The second-order valence-electron chi connectivity index (χ2n) is 5.10. The number of fused-ring (bicyclic) bond motifs is 3. The van der Waals surface area contributed by atoms with Crippen LogP contribution in [-0.4, -0.2) is 49.2 Å². The molecule has 1 atom stereocenters. The number of nitrogens with zero attached hydrogens (tertiary/aromatic N) is 2. The molecule has 0 spiro atoms. The second-order valence-corrected chi connectivity index (χ2v) is 5.10. The average molecular weight is 275 g/mol. The number of hydrogen-bond donors (Lipinski definition) is 2. The highest BCUT2D eigenvalue weighted by molar-refractivity contribution is 6.02. The molecule has 106 valence electrons. The molecular formula is C14H17N3O3. The van der Waals surface area contributed by atoms with Gasteiger partial charge in [-0.1, -0.05) is 0 Å². The number of hydrogen-bond acceptors (Lipinski definition) is 4. The van der Waals surface area contributed by atoms with E-state index in [0.717, 1.165) is 31.0 Å². The molecule has 2 aliphatic rings. The molecule has 6 heteroatoms. The molecule has 2 aliphatic heterocycles. The number of anilines is 2. The number of likely N-dealkylation sites (N-methyl/N-ethyl adjacent to an activating group) is 1. The van der Waals surface area contributed by atoms with E-state index in [0.29, 0.717) is 6.54 Å². The molecule has 0 radical (unpaired) electrons. The van der Waals surface area contributed by atoms with Gasteiger partial charge in [0.05, 0.1) is 29.5 Å². The van der Waals surface area contributed by atoms with Crippen molar-refractivity contribution in [3.05, 3.63) is 23.8 Å². The Morgan fingerprint density at radius 2 is 2.25 bits per heavy atom. The van der Waals surface area contributed by atoms with Crippen molar-refractivity contribution in [2.45, 2.75) is 13.0 Å². The highest BCUT2D eigenvalue weighted by atomic mass is 16.4. The number of carbonyl (C=O) groups excluding carboxylic acids is 1. The summed E-state index contributed by atoms with van der Waals surface area (Å²) in [6, 6.07) is 5.06. The zero-order valence-corrected chi connectivity index (χ0v) is 11.3. The van der Waals surface area contributed by atoms with Gasteiger partial charge in [0.1, 0.15) is 0 Å². The SMILES string of the molecule is CCN1CC2CNCC(=O)N2c2cc(C(=O)O)ccc21. The number of amides is 1. The fraction of sp³-hybridized carbons (Fsp3) is 0.429. The third-order valence-electron chi connectivity index (χ3n) is 3.93. The number of carboxylic acid groups (broad SMARTS) is 1. The Kier molecular flexibility index (Phi) is 3.10. The van der Waals surface area contributed by atoms with Crippen molar-refractivity contribution >= 4 is 23.3 Å². The predicted octanol–water partition coefficient (Wildman–Crippen LogP) is 0.530. The van der Waals surface area contributed by atoms with Crippen LogP contribution >= 0.6 is 0 Å². The van der Waals surface area contributed by atoms with Crippen molar-refractivity contribution in [3.8, 4) is 0 Å². The van der Waals surface area contributed by atoms with E-state index in [2.05, 4.69) is 17.1 Å². The second kappa shape index (κ2) is 4.79. The lowest BCUT2D eigenvalue weighted by atomic mass is 10.0. The summed E-state index contributed by atoms with van der Waals surface area (Å²) in [5.41, 5.74) is 1.87. The van der Waals surface area contributed by atoms with E-state index >= 15 is 0 Å². The molecule has 0 saturated carbocycles. The summed E-state index contributed by atoms with van der Waals surface area (Å²) < 4.78 is 0. The van der Waals surface area contributed by atoms with E-state index in [4.69, 9.17) is 5.11 Å². The van der Waals surface area contributed by atoms with E-state index in [1.165, 1.54) is 0 Å². The summed E-state index contributed by atoms with van der Waals surface area (Å²) in [4.78, 5) is 27.3. The fourth-order valence-corrected chi connectivity index (χ4v) is 2.97. The first kappa shape index (κ1) is 12.9. The minimum absolute atomic E-state index is 0.000733. The van der Waals surface area contributed by atoms with Crippen LogP contribution in [0.2, 0.25) is 0 Å². The van der Waals surface area contributed by atoms with Gasteiger partial charge < -0.3 is 20.2 Å². The van der Waals surface area contributed by atoms with Crippen molar-refractivity contribution < 1.29 is 14.7 Å². The number of aromatic carboxylic acids is 1. The van der Waals surface area contributed by atoms with Gasteiger partial charge in [-0.15, -0.1) is 0 Å². The van der Waals surface area contributed by atoms with Crippen LogP contribution in [-0.2, 0) is 4.79 Å². The first-order chi connectivity index (χ1) is 9.61. The van der Waals surface area contributed by atoms with Gasteiger partial charge in [-0.05, 0) is 25.1 Å². The lowest BCUT2D eigenvalue weighted by Crippen LogP contribution is -2.61. The van der Waals surface area contributed by atoms with Crippen LogP contribution in [0.15, 0.2) is 18.2 Å². The highest BCUT2D eigenvalue weighted by Crippen LogP contribution is 2.36. The Balaban J connectivity index is 2.12. The normalized spacial score (nSPS) is 21.4. The zero-order chi connectivity index (χ0) is 14.3. The fourth-order valence-electron chi connectivity index (χ4n) is 2.97. The van der Waals surface area contributed by atoms with Gasteiger partial charge in [-0.25, -0.2) is 4.79 Å². The van der Waals surface area contributed by atoms with Gasteiger partial charge in [0, 0.05) is 19.6 Å². The van der Waals surface area contributed by atoms with Crippen LogP contribution in [0, 0.1) is 0 Å². The Morgan fingerprint density at radius 1 is 1.45 bits per heavy atom. The molecule has 1 aromatic carbocycles. The lowest BCUT2D eigenvalue weighted by molar-refractivity contribution is -0.119. The van der Waals surface area contributed by atoms with E-state index in [1.807, 2.05) is 0 Å². The summed E-state index contributed by atoms with van der Waals surface area (Å²) in [7, 11) is 0. The van der Waals surface area contributed by atoms with Gasteiger partial charge in [0.15, 0.2) is 0 Å². The molecule has 3 rings (SSSR count). The Morgan fingerprint density at radius 3 is 2.95 bits per heavy atom. The summed E-state index contributed by atoms with van der Waals surface area (Å²) in [5, 5.41) is 12.3. The molecule has 1 fully saturated rings. The van der Waals surface area contributed by atoms with Crippen molar-refractivity contribution in [3.63, 3.8) is 0 Å². The lowest BCUT2D eigenvalue weighted by Gasteiger charge is -2.45. The maximum atomic E-state index is 12.2. The maximum absolute atomic E-state index is 12.2. The Hall–Kier alpha value is -2.08. The molecule has 1 aromatic rings. The molecule has 0 aromatic heterocycles. The predicted molar refractivity (Wildman–Crippen MR) is 75.4 cm³/mol. The van der Waals surface area contributed by atoms with E-state index in [9.17, 15) is 9.59 Å². The first-order valence-corrected chi connectivity index (χ1v) is 6.77. The van der Waals surface area contributed by atoms with Gasteiger partial charge in [-0.3, -0.25) is 4.79 Å². The molecular weight excluding hydrogens is 258 g/mol. The van der Waals surface area contributed by atoms with E-state index in [1.54, 1.807) is 23.1 Å². The summed E-state index contributed by atoms with van der Waals surface area (Å²) in [5.74, 6) is -0.971. The van der Waals surface area contributed by atoms with Gasteiger partial charge >= 0.3 is 5.97 Å². The molecule has 0 aliphatic carbocycles. The molecule has 1 amide bonds. The quantitative estimate of drug-likeness (QED) is 0.823. The van der Waals surface area contributed by atoms with Crippen molar-refractivity contribution in [2.24, 2.45) is 0 Å². The van der Waals surface area contributed by atoms with E-state index in [-0.39, 0.29) is 17.5 Å². The first-order valence-electron chi connectivity index (χ1n) is 6.77. The summed E-state index contributed by atoms with van der Waals surface area (Å²) >= 11 is 0. The zero-order valence-electron chi connectivity index (χ0n) is 11.3. The standard InChI is InChI=1S/C14H17N3O3/c1-2-16-8-10-6-15-7-13(18)17(10)12-5-9(14(19)20)3-4-11(12)16/h3-5,10,15H,2,6-8H2,1H3,(H,19,20). The van der Waals surface area contributed by atoms with E-state index < -0.39 is 5.97 Å². The number of nitrogens with one attached hydrogen (secondary N) is 1.